The number of amides is 1. The first-order valence-corrected chi connectivity index (χ1v) is 9.70. The van der Waals surface area contributed by atoms with Crippen molar-refractivity contribution in [1.82, 2.24) is 19.7 Å². The number of fused-ring (bicyclic) bond motifs is 1. The second kappa shape index (κ2) is 8.14. The van der Waals surface area contributed by atoms with Crippen molar-refractivity contribution >= 4 is 46.0 Å². The molecule has 0 aliphatic heterocycles. The lowest BCUT2D eigenvalue weighted by atomic mass is 10.3. The molecule has 4 aromatic rings. The Morgan fingerprint density at radius 1 is 1.14 bits per heavy atom. The van der Waals surface area contributed by atoms with Gasteiger partial charge in [0, 0.05) is 11.1 Å². The number of hydrogen-bond donors (Lipinski definition) is 1. The minimum absolute atomic E-state index is 0.0188. The van der Waals surface area contributed by atoms with E-state index in [0.717, 1.165) is 23.5 Å². The first-order valence-electron chi connectivity index (χ1n) is 8.33. The van der Waals surface area contributed by atoms with Gasteiger partial charge in [0.1, 0.15) is 23.0 Å². The number of carbonyl (C=O) groups excluding carboxylic acids is 1. The summed E-state index contributed by atoms with van der Waals surface area (Å²) in [6, 6.07) is 10.1. The minimum atomic E-state index is -0.836. The maximum Gasteiger partial charge on any atom is 0.234 e. The van der Waals surface area contributed by atoms with Crippen molar-refractivity contribution < 1.29 is 13.6 Å². The fourth-order valence-corrected chi connectivity index (χ4v) is 3.51. The molecule has 2 aromatic carbocycles. The number of rotatable bonds is 5. The number of halogens is 3. The first-order chi connectivity index (χ1) is 14.0. The van der Waals surface area contributed by atoms with E-state index in [2.05, 4.69) is 20.4 Å². The van der Waals surface area contributed by atoms with Gasteiger partial charge < -0.3 is 5.32 Å². The van der Waals surface area contributed by atoms with E-state index >= 15 is 0 Å². The van der Waals surface area contributed by atoms with Crippen LogP contribution in [0.4, 0.5) is 14.5 Å². The van der Waals surface area contributed by atoms with Crippen molar-refractivity contribution in [2.75, 3.05) is 11.1 Å². The Hall–Kier alpha value is -3.04. The number of hydrogen-bond acceptors (Lipinski definition) is 5. The highest BCUT2D eigenvalue weighted by atomic mass is 35.5. The lowest BCUT2D eigenvalue weighted by Crippen LogP contribution is -2.15. The van der Waals surface area contributed by atoms with Gasteiger partial charge in [0.25, 0.3) is 0 Å². The van der Waals surface area contributed by atoms with E-state index in [4.69, 9.17) is 11.6 Å². The Morgan fingerprint density at radius 3 is 2.69 bits per heavy atom. The normalized spacial score (nSPS) is 11.0. The highest BCUT2D eigenvalue weighted by molar-refractivity contribution is 8.00. The number of thioether (sulfide) groups is 1. The van der Waals surface area contributed by atoms with Crippen molar-refractivity contribution in [1.29, 1.82) is 0 Å². The van der Waals surface area contributed by atoms with E-state index in [1.165, 1.54) is 12.4 Å². The molecule has 29 heavy (non-hydrogen) atoms. The van der Waals surface area contributed by atoms with Crippen LogP contribution in [-0.2, 0) is 4.79 Å². The summed E-state index contributed by atoms with van der Waals surface area (Å²) < 4.78 is 28.3. The molecule has 0 saturated heterocycles. The second-order valence-electron chi connectivity index (χ2n) is 5.91. The van der Waals surface area contributed by atoms with Crippen LogP contribution in [-0.4, -0.2) is 31.4 Å². The molecule has 0 spiro atoms. The molecule has 1 N–H and O–H groups in total. The van der Waals surface area contributed by atoms with Crippen molar-refractivity contribution in [3.63, 3.8) is 0 Å². The van der Waals surface area contributed by atoms with Crippen molar-refractivity contribution in [2.45, 2.75) is 5.03 Å². The number of benzene rings is 2. The van der Waals surface area contributed by atoms with Gasteiger partial charge in [-0.25, -0.2) is 23.4 Å². The van der Waals surface area contributed by atoms with Crippen LogP contribution in [0.1, 0.15) is 0 Å². The average molecular weight is 432 g/mol. The maximum atomic E-state index is 13.7. The molecule has 146 valence electrons. The molecule has 1 amide bonds. The Morgan fingerprint density at radius 2 is 1.93 bits per heavy atom. The van der Waals surface area contributed by atoms with Crippen LogP contribution in [0.2, 0.25) is 5.02 Å². The molecule has 0 aliphatic carbocycles. The predicted molar refractivity (Wildman–Crippen MR) is 107 cm³/mol. The molecule has 0 bridgehead atoms. The highest BCUT2D eigenvalue weighted by Gasteiger charge is 2.14. The summed E-state index contributed by atoms with van der Waals surface area (Å²) in [5.41, 5.74) is 1.28. The highest BCUT2D eigenvalue weighted by Crippen LogP contribution is 2.26. The summed E-state index contributed by atoms with van der Waals surface area (Å²) in [5.74, 6) is -2.01. The number of anilines is 1. The Bertz CT molecular complexity index is 1200. The molecular formula is C19H12ClF2N5OS. The average Bonchev–Trinajstić information content (AvgIpc) is 3.14. The van der Waals surface area contributed by atoms with Crippen molar-refractivity contribution in [2.24, 2.45) is 0 Å². The standard InChI is InChI=1S/C19H12ClF2N5OS/c20-11-1-4-13(5-2-11)27-18-14(8-25-27)19(24-10-23-18)29-9-17(28)26-16-6-3-12(21)7-15(16)22/h1-8,10H,9H2,(H,26,28). The second-order valence-corrected chi connectivity index (χ2v) is 7.31. The van der Waals surface area contributed by atoms with Crippen molar-refractivity contribution in [3.05, 3.63) is 71.6 Å². The molecule has 2 aromatic heterocycles. The number of nitrogens with zero attached hydrogens (tertiary/aromatic N) is 4. The monoisotopic (exact) mass is 431 g/mol. The van der Waals surface area contributed by atoms with Gasteiger partial charge in [0.05, 0.1) is 28.7 Å². The van der Waals surface area contributed by atoms with Gasteiger partial charge in [-0.2, -0.15) is 5.10 Å². The van der Waals surface area contributed by atoms with E-state index in [0.29, 0.717) is 27.1 Å². The van der Waals surface area contributed by atoms with Crippen LogP contribution < -0.4 is 5.32 Å². The third-order valence-electron chi connectivity index (χ3n) is 3.95. The summed E-state index contributed by atoms with van der Waals surface area (Å²) in [5, 5.41) is 8.60. The van der Waals surface area contributed by atoms with E-state index < -0.39 is 17.5 Å². The van der Waals surface area contributed by atoms with Crippen LogP contribution in [0.3, 0.4) is 0 Å². The van der Waals surface area contributed by atoms with Gasteiger partial charge in [0.2, 0.25) is 5.91 Å². The molecule has 10 heteroatoms. The maximum absolute atomic E-state index is 13.7. The van der Waals surface area contributed by atoms with E-state index in [-0.39, 0.29) is 11.4 Å². The van der Waals surface area contributed by atoms with Crippen molar-refractivity contribution in [3.8, 4) is 5.69 Å². The smallest absolute Gasteiger partial charge is 0.234 e. The lowest BCUT2D eigenvalue weighted by Gasteiger charge is -2.07. The molecule has 0 fully saturated rings. The molecular weight excluding hydrogens is 420 g/mol. The molecule has 0 atom stereocenters. The van der Waals surface area contributed by atoms with Gasteiger partial charge in [-0.05, 0) is 36.4 Å². The number of carbonyl (C=O) groups is 1. The third kappa shape index (κ3) is 4.20. The van der Waals surface area contributed by atoms with Gasteiger partial charge in [-0.3, -0.25) is 4.79 Å². The lowest BCUT2D eigenvalue weighted by molar-refractivity contribution is -0.113. The van der Waals surface area contributed by atoms with Crippen LogP contribution in [0.15, 0.2) is 60.0 Å². The predicted octanol–water partition coefficient (Wildman–Crippen LogP) is 4.48. The van der Waals surface area contributed by atoms with Crippen LogP contribution >= 0.6 is 23.4 Å². The summed E-state index contributed by atoms with van der Waals surface area (Å²) in [6.45, 7) is 0. The van der Waals surface area contributed by atoms with Gasteiger partial charge >= 0.3 is 0 Å². The van der Waals surface area contributed by atoms with E-state index in [9.17, 15) is 13.6 Å². The molecule has 0 saturated carbocycles. The molecule has 0 radical (unpaired) electrons. The summed E-state index contributed by atoms with van der Waals surface area (Å²) in [7, 11) is 0. The SMILES string of the molecule is O=C(CSc1ncnc2c1cnn2-c1ccc(Cl)cc1)Nc1ccc(F)cc1F. The molecule has 4 rings (SSSR count). The molecule has 0 aliphatic rings. The van der Waals surface area contributed by atoms with Crippen LogP contribution in [0.25, 0.3) is 16.7 Å². The summed E-state index contributed by atoms with van der Waals surface area (Å²) in [4.78, 5) is 20.6. The molecule has 0 unspecified atom stereocenters. The largest absolute Gasteiger partial charge is 0.323 e. The topological polar surface area (TPSA) is 72.7 Å². The minimum Gasteiger partial charge on any atom is -0.323 e. The van der Waals surface area contributed by atoms with E-state index in [1.807, 2.05) is 12.1 Å². The zero-order valence-corrected chi connectivity index (χ0v) is 16.2. The zero-order valence-electron chi connectivity index (χ0n) is 14.6. The number of aromatic nitrogens is 4. The Labute approximate surface area is 172 Å². The molecule has 2 heterocycles. The van der Waals surface area contributed by atoms with Gasteiger partial charge in [-0.15, -0.1) is 0 Å². The fourth-order valence-electron chi connectivity index (χ4n) is 2.62. The Balaban J connectivity index is 1.51. The summed E-state index contributed by atoms with van der Waals surface area (Å²) in [6.07, 6.45) is 3.00. The van der Waals surface area contributed by atoms with E-state index in [1.54, 1.807) is 23.0 Å². The zero-order chi connectivity index (χ0) is 20.4. The Kier molecular flexibility index (Phi) is 5.41. The molecule has 6 nitrogen and oxygen atoms in total. The van der Waals surface area contributed by atoms with Crippen LogP contribution in [0.5, 0.6) is 0 Å². The first kappa shape index (κ1) is 19.3. The third-order valence-corrected chi connectivity index (χ3v) is 5.20. The van der Waals surface area contributed by atoms with Crippen LogP contribution in [0, 0.1) is 11.6 Å². The fraction of sp³-hybridized carbons (Fsp3) is 0.0526. The quantitative estimate of drug-likeness (QED) is 0.372. The van der Waals surface area contributed by atoms with Gasteiger partial charge in [-0.1, -0.05) is 23.4 Å². The number of nitrogens with one attached hydrogen (secondary N) is 1. The summed E-state index contributed by atoms with van der Waals surface area (Å²) >= 11 is 7.09. The van der Waals surface area contributed by atoms with Gasteiger partial charge in [0.15, 0.2) is 5.65 Å².